The molecule has 194 valence electrons. The molecule has 2 aliphatic heterocycles. The molecule has 10 heteroatoms. The predicted molar refractivity (Wildman–Crippen MR) is 138 cm³/mol. The lowest BCUT2D eigenvalue weighted by molar-refractivity contribution is 0.119. The molecule has 2 fully saturated rings. The van der Waals surface area contributed by atoms with Gasteiger partial charge in [0.2, 0.25) is 0 Å². The SMILES string of the molecule is CN1CCN(C(=O)Oc2cc(OC(=O)N3CCN(C)CC3)c3c(=O)cc(-c4ccccc4)oc3c2)CC1. The fourth-order valence-electron chi connectivity index (χ4n) is 4.41. The summed E-state index contributed by atoms with van der Waals surface area (Å²) in [5.74, 6) is 0.485. The summed E-state index contributed by atoms with van der Waals surface area (Å²) in [4.78, 5) is 46.5. The van der Waals surface area contributed by atoms with Crippen LogP contribution in [0.3, 0.4) is 0 Å². The van der Waals surface area contributed by atoms with E-state index in [0.717, 1.165) is 31.7 Å². The van der Waals surface area contributed by atoms with Gasteiger partial charge in [-0.05, 0) is 14.1 Å². The zero-order valence-corrected chi connectivity index (χ0v) is 21.0. The maximum absolute atomic E-state index is 13.2. The summed E-state index contributed by atoms with van der Waals surface area (Å²) in [5, 5.41) is 0.113. The quantitative estimate of drug-likeness (QED) is 0.535. The molecule has 2 aromatic carbocycles. The predicted octanol–water partition coefficient (Wildman–Crippen LogP) is 2.95. The molecule has 0 N–H and O–H groups in total. The van der Waals surface area contributed by atoms with Crippen LogP contribution < -0.4 is 14.9 Å². The van der Waals surface area contributed by atoms with Gasteiger partial charge in [-0.25, -0.2) is 9.59 Å². The molecule has 0 aliphatic carbocycles. The number of carbonyl (C=O) groups excluding carboxylic acids is 2. The molecule has 2 saturated heterocycles. The number of hydrogen-bond donors (Lipinski definition) is 0. The van der Waals surface area contributed by atoms with Crippen molar-refractivity contribution in [3.63, 3.8) is 0 Å². The Morgan fingerprint density at radius 2 is 1.32 bits per heavy atom. The van der Waals surface area contributed by atoms with Crippen molar-refractivity contribution in [1.29, 1.82) is 0 Å². The van der Waals surface area contributed by atoms with E-state index in [1.807, 2.05) is 44.4 Å². The highest BCUT2D eigenvalue weighted by atomic mass is 16.6. The molecule has 37 heavy (non-hydrogen) atoms. The summed E-state index contributed by atoms with van der Waals surface area (Å²) in [6.07, 6.45) is -1.08. The van der Waals surface area contributed by atoms with Crippen LogP contribution in [0.25, 0.3) is 22.3 Å². The molecule has 1 aromatic heterocycles. The van der Waals surface area contributed by atoms with Gasteiger partial charge < -0.3 is 33.5 Å². The number of hydrogen-bond acceptors (Lipinski definition) is 8. The van der Waals surface area contributed by atoms with Crippen LogP contribution in [0.1, 0.15) is 0 Å². The van der Waals surface area contributed by atoms with E-state index in [1.165, 1.54) is 18.2 Å². The minimum absolute atomic E-state index is 0.00373. The van der Waals surface area contributed by atoms with E-state index in [1.54, 1.807) is 9.80 Å². The summed E-state index contributed by atoms with van der Waals surface area (Å²) in [5.41, 5.74) is 0.520. The smallest absolute Gasteiger partial charge is 0.415 e. The molecule has 0 spiro atoms. The molecule has 2 amide bonds. The molecule has 0 atom stereocenters. The van der Waals surface area contributed by atoms with Gasteiger partial charge in [0, 0.05) is 76.1 Å². The first kappa shape index (κ1) is 24.8. The van der Waals surface area contributed by atoms with Gasteiger partial charge in [-0.15, -0.1) is 0 Å². The number of likely N-dealkylation sites (N-methyl/N-ethyl adjacent to an activating group) is 2. The second kappa shape index (κ2) is 10.6. The van der Waals surface area contributed by atoms with Crippen LogP contribution in [0.15, 0.2) is 57.7 Å². The fraction of sp³-hybridized carbons (Fsp3) is 0.370. The van der Waals surface area contributed by atoms with E-state index >= 15 is 0 Å². The van der Waals surface area contributed by atoms with E-state index in [2.05, 4.69) is 9.80 Å². The Labute approximate surface area is 214 Å². The molecular formula is C27H30N4O6. The van der Waals surface area contributed by atoms with Crippen molar-refractivity contribution in [2.45, 2.75) is 0 Å². The topological polar surface area (TPSA) is 95.8 Å². The summed E-state index contributed by atoms with van der Waals surface area (Å²) in [6, 6.07) is 13.5. The Kier molecular flexibility index (Phi) is 7.11. The normalized spacial score (nSPS) is 17.1. The number of benzene rings is 2. The monoisotopic (exact) mass is 506 g/mol. The number of ether oxygens (including phenoxy) is 2. The highest BCUT2D eigenvalue weighted by Crippen LogP contribution is 2.33. The van der Waals surface area contributed by atoms with Crippen LogP contribution in [0.5, 0.6) is 11.5 Å². The van der Waals surface area contributed by atoms with Crippen molar-refractivity contribution in [3.05, 3.63) is 58.8 Å². The molecule has 0 saturated carbocycles. The Hall–Kier alpha value is -3.89. The van der Waals surface area contributed by atoms with Crippen molar-refractivity contribution in [2.75, 3.05) is 66.5 Å². The first-order chi connectivity index (χ1) is 17.9. The van der Waals surface area contributed by atoms with Crippen molar-refractivity contribution < 1.29 is 23.5 Å². The number of piperazine rings is 2. The van der Waals surface area contributed by atoms with Crippen molar-refractivity contribution in [1.82, 2.24) is 19.6 Å². The maximum atomic E-state index is 13.2. The van der Waals surface area contributed by atoms with Crippen molar-refractivity contribution >= 4 is 23.2 Å². The highest BCUT2D eigenvalue weighted by molar-refractivity contribution is 5.89. The van der Waals surface area contributed by atoms with Crippen LogP contribution in [0.4, 0.5) is 9.59 Å². The Balaban J connectivity index is 1.50. The number of rotatable bonds is 3. The van der Waals surface area contributed by atoms with Crippen LogP contribution >= 0.6 is 0 Å². The third-order valence-corrected chi connectivity index (χ3v) is 6.75. The van der Waals surface area contributed by atoms with E-state index in [-0.39, 0.29) is 27.9 Å². The number of carbonyl (C=O) groups is 2. The summed E-state index contributed by atoms with van der Waals surface area (Å²) >= 11 is 0. The zero-order valence-electron chi connectivity index (χ0n) is 21.0. The van der Waals surface area contributed by atoms with Crippen molar-refractivity contribution in [3.8, 4) is 22.8 Å². The lowest BCUT2D eigenvalue weighted by Crippen LogP contribution is -2.48. The molecule has 5 rings (SSSR count). The number of fused-ring (bicyclic) bond motifs is 1. The molecule has 10 nitrogen and oxygen atoms in total. The second-order valence-corrected chi connectivity index (χ2v) is 9.45. The molecule has 3 heterocycles. The third-order valence-electron chi connectivity index (χ3n) is 6.75. The molecule has 0 unspecified atom stereocenters. The largest absolute Gasteiger partial charge is 0.456 e. The number of amides is 2. The maximum Gasteiger partial charge on any atom is 0.415 e. The Morgan fingerprint density at radius 1 is 0.757 bits per heavy atom. The first-order valence-electron chi connectivity index (χ1n) is 12.4. The minimum atomic E-state index is -0.566. The lowest BCUT2D eigenvalue weighted by Gasteiger charge is -2.32. The molecular weight excluding hydrogens is 476 g/mol. The Bertz CT molecular complexity index is 1340. The van der Waals surface area contributed by atoms with Gasteiger partial charge in [-0.1, -0.05) is 30.3 Å². The van der Waals surface area contributed by atoms with Gasteiger partial charge in [0.1, 0.15) is 22.5 Å². The summed E-state index contributed by atoms with van der Waals surface area (Å²) in [6.45, 7) is 5.05. The van der Waals surface area contributed by atoms with Gasteiger partial charge in [-0.3, -0.25) is 4.79 Å². The average Bonchev–Trinajstić information content (AvgIpc) is 2.89. The van der Waals surface area contributed by atoms with E-state index < -0.39 is 12.2 Å². The average molecular weight is 507 g/mol. The van der Waals surface area contributed by atoms with Gasteiger partial charge in [0.05, 0.1) is 0 Å². The lowest BCUT2D eigenvalue weighted by atomic mass is 10.1. The van der Waals surface area contributed by atoms with E-state index in [9.17, 15) is 14.4 Å². The standard InChI is InChI=1S/C27H30N4O6/c1-28-8-12-30(13-9-28)26(33)35-20-16-23-25(21(32)18-22(36-23)19-6-4-3-5-7-19)24(17-20)37-27(34)31-14-10-29(2)11-15-31/h3-7,16-18H,8-15H2,1-2H3. The van der Waals surface area contributed by atoms with Gasteiger partial charge in [0.25, 0.3) is 0 Å². The molecule has 2 aliphatic rings. The van der Waals surface area contributed by atoms with E-state index in [4.69, 9.17) is 13.9 Å². The van der Waals surface area contributed by atoms with Gasteiger partial charge in [-0.2, -0.15) is 0 Å². The summed E-state index contributed by atoms with van der Waals surface area (Å²) < 4.78 is 17.4. The molecule has 0 radical (unpaired) electrons. The second-order valence-electron chi connectivity index (χ2n) is 9.45. The number of nitrogens with zero attached hydrogens (tertiary/aromatic N) is 4. The third kappa shape index (κ3) is 5.60. The van der Waals surface area contributed by atoms with Crippen LogP contribution in [0, 0.1) is 0 Å². The van der Waals surface area contributed by atoms with Gasteiger partial charge >= 0.3 is 12.2 Å². The van der Waals surface area contributed by atoms with Gasteiger partial charge in [0.15, 0.2) is 11.2 Å². The van der Waals surface area contributed by atoms with E-state index in [0.29, 0.717) is 31.9 Å². The first-order valence-corrected chi connectivity index (χ1v) is 12.4. The van der Waals surface area contributed by atoms with Crippen LogP contribution in [-0.4, -0.2) is 98.2 Å². The zero-order chi connectivity index (χ0) is 25.9. The van der Waals surface area contributed by atoms with Crippen molar-refractivity contribution in [2.24, 2.45) is 0 Å². The minimum Gasteiger partial charge on any atom is -0.456 e. The fourth-order valence-corrected chi connectivity index (χ4v) is 4.41. The Morgan fingerprint density at radius 3 is 1.92 bits per heavy atom. The van der Waals surface area contributed by atoms with Crippen LogP contribution in [-0.2, 0) is 0 Å². The molecule has 0 bridgehead atoms. The summed E-state index contributed by atoms with van der Waals surface area (Å²) in [7, 11) is 3.99. The van der Waals surface area contributed by atoms with Crippen LogP contribution in [0.2, 0.25) is 0 Å². The highest BCUT2D eigenvalue weighted by Gasteiger charge is 2.25. The molecule has 3 aromatic rings.